The first-order chi connectivity index (χ1) is 14.0. The Morgan fingerprint density at radius 3 is 2.59 bits per heavy atom. The largest absolute Gasteiger partial charge is 0.481 e. The van der Waals surface area contributed by atoms with E-state index in [9.17, 15) is 14.7 Å². The molecule has 158 valence electrons. The third-order valence-corrected chi connectivity index (χ3v) is 7.38. The maximum absolute atomic E-state index is 12.6. The molecule has 3 fully saturated rings. The minimum Gasteiger partial charge on any atom is -0.481 e. The van der Waals surface area contributed by atoms with Crippen molar-refractivity contribution in [2.24, 2.45) is 11.3 Å². The molecule has 1 aromatic carbocycles. The number of piperidine rings is 1. The Morgan fingerprint density at radius 1 is 1.14 bits per heavy atom. The van der Waals surface area contributed by atoms with Gasteiger partial charge in [-0.15, -0.1) is 0 Å². The van der Waals surface area contributed by atoms with E-state index in [1.54, 1.807) is 4.90 Å². The summed E-state index contributed by atoms with van der Waals surface area (Å²) in [5.74, 6) is -0.642. The number of hydrogen-bond donors (Lipinski definition) is 2. The Morgan fingerprint density at radius 2 is 1.90 bits per heavy atom. The van der Waals surface area contributed by atoms with Crippen LogP contribution in [0.4, 0.5) is 4.79 Å². The summed E-state index contributed by atoms with van der Waals surface area (Å²) >= 11 is 0. The molecule has 0 aromatic heterocycles. The van der Waals surface area contributed by atoms with Gasteiger partial charge >= 0.3 is 12.0 Å². The minimum absolute atomic E-state index is 0.0993. The molecule has 0 radical (unpaired) electrons. The Balaban J connectivity index is 1.28. The van der Waals surface area contributed by atoms with E-state index in [0.717, 1.165) is 24.9 Å². The maximum Gasteiger partial charge on any atom is 0.317 e. The van der Waals surface area contributed by atoms with Crippen LogP contribution in [-0.2, 0) is 17.9 Å². The fourth-order valence-electron chi connectivity index (χ4n) is 5.47. The third kappa shape index (κ3) is 4.13. The van der Waals surface area contributed by atoms with E-state index in [2.05, 4.69) is 41.4 Å². The van der Waals surface area contributed by atoms with Crippen LogP contribution in [0.5, 0.6) is 0 Å². The van der Waals surface area contributed by atoms with Gasteiger partial charge in [-0.3, -0.25) is 9.69 Å². The van der Waals surface area contributed by atoms with Crippen molar-refractivity contribution in [1.82, 2.24) is 15.1 Å². The molecule has 6 nitrogen and oxygen atoms in total. The van der Waals surface area contributed by atoms with Gasteiger partial charge in [0.2, 0.25) is 0 Å². The standard InChI is InChI=1S/C23H33N3O3/c1-17-5-2-3-12-25(17)14-19-9-7-18(8-10-19)13-24-22(29)26-15-20-6-4-11-23(20,16-26)21(27)28/h7-10,17,20H,2-6,11-16H2,1H3,(H,24,29)(H,27,28)/t17?,20-,23+/m0/s1. The zero-order valence-corrected chi connectivity index (χ0v) is 17.4. The lowest BCUT2D eigenvalue weighted by Crippen LogP contribution is -2.41. The molecule has 2 saturated heterocycles. The second kappa shape index (κ2) is 8.34. The number of amides is 2. The highest BCUT2D eigenvalue weighted by molar-refractivity contribution is 5.80. The number of fused-ring (bicyclic) bond motifs is 1. The maximum atomic E-state index is 12.6. The summed E-state index contributed by atoms with van der Waals surface area (Å²) in [5.41, 5.74) is 1.66. The predicted octanol–water partition coefficient (Wildman–Crippen LogP) is 3.46. The van der Waals surface area contributed by atoms with Crippen LogP contribution in [0.3, 0.4) is 0 Å². The monoisotopic (exact) mass is 399 g/mol. The SMILES string of the molecule is CC1CCCCN1Cc1ccc(CNC(=O)N2C[C@@H]3CCC[C@@]3(C(=O)O)C2)cc1. The molecule has 3 aliphatic rings. The molecule has 2 aliphatic heterocycles. The third-order valence-electron chi connectivity index (χ3n) is 7.38. The molecule has 3 atom stereocenters. The summed E-state index contributed by atoms with van der Waals surface area (Å²) in [6, 6.07) is 8.98. The second-order valence-electron chi connectivity index (χ2n) is 9.22. The minimum atomic E-state index is -0.742. The summed E-state index contributed by atoms with van der Waals surface area (Å²) in [5, 5.41) is 12.7. The lowest BCUT2D eigenvalue weighted by Gasteiger charge is -2.33. The van der Waals surface area contributed by atoms with Gasteiger partial charge < -0.3 is 15.3 Å². The quantitative estimate of drug-likeness (QED) is 0.795. The molecule has 1 aliphatic carbocycles. The number of carboxylic acids is 1. The number of nitrogens with zero attached hydrogens (tertiary/aromatic N) is 2. The van der Waals surface area contributed by atoms with E-state index < -0.39 is 11.4 Å². The highest BCUT2D eigenvalue weighted by atomic mass is 16.4. The first kappa shape index (κ1) is 20.2. The van der Waals surface area contributed by atoms with Crippen molar-refractivity contribution in [2.75, 3.05) is 19.6 Å². The highest BCUT2D eigenvalue weighted by Gasteiger charge is 2.55. The van der Waals surface area contributed by atoms with E-state index in [1.807, 2.05) is 0 Å². The molecular formula is C23H33N3O3. The van der Waals surface area contributed by atoms with Gasteiger partial charge in [0, 0.05) is 32.2 Å². The zero-order valence-electron chi connectivity index (χ0n) is 17.4. The van der Waals surface area contributed by atoms with Crippen LogP contribution in [0.15, 0.2) is 24.3 Å². The molecule has 0 bridgehead atoms. The topological polar surface area (TPSA) is 72.9 Å². The molecule has 6 heteroatoms. The normalized spacial score (nSPS) is 29.6. The van der Waals surface area contributed by atoms with E-state index in [-0.39, 0.29) is 11.9 Å². The Hall–Kier alpha value is -2.08. The average molecular weight is 400 g/mol. The predicted molar refractivity (Wildman–Crippen MR) is 111 cm³/mol. The molecular weight excluding hydrogens is 366 g/mol. The van der Waals surface area contributed by atoms with Crippen LogP contribution in [-0.4, -0.2) is 52.6 Å². The molecule has 4 rings (SSSR count). The Kier molecular flexibility index (Phi) is 5.81. The molecule has 29 heavy (non-hydrogen) atoms. The number of carbonyl (C=O) groups is 2. The van der Waals surface area contributed by atoms with Crippen molar-refractivity contribution < 1.29 is 14.7 Å². The number of carbonyl (C=O) groups excluding carboxylic acids is 1. The van der Waals surface area contributed by atoms with Gasteiger partial charge in [-0.2, -0.15) is 0 Å². The van der Waals surface area contributed by atoms with Crippen molar-refractivity contribution in [2.45, 2.75) is 64.6 Å². The van der Waals surface area contributed by atoms with Crippen molar-refractivity contribution >= 4 is 12.0 Å². The number of likely N-dealkylation sites (tertiary alicyclic amines) is 2. The van der Waals surface area contributed by atoms with Crippen molar-refractivity contribution in [1.29, 1.82) is 0 Å². The summed E-state index contributed by atoms with van der Waals surface area (Å²) in [7, 11) is 0. The van der Waals surface area contributed by atoms with Crippen molar-refractivity contribution in [3.63, 3.8) is 0 Å². The zero-order chi connectivity index (χ0) is 20.4. The van der Waals surface area contributed by atoms with Gasteiger partial charge in [0.1, 0.15) is 0 Å². The molecule has 2 N–H and O–H groups in total. The van der Waals surface area contributed by atoms with E-state index in [0.29, 0.717) is 32.1 Å². The van der Waals surface area contributed by atoms with Crippen LogP contribution in [0.25, 0.3) is 0 Å². The van der Waals surface area contributed by atoms with Gasteiger partial charge in [-0.25, -0.2) is 4.79 Å². The Bertz CT molecular complexity index is 750. The summed E-state index contributed by atoms with van der Waals surface area (Å²) in [4.78, 5) is 28.6. The lowest BCUT2D eigenvalue weighted by molar-refractivity contribution is -0.149. The van der Waals surface area contributed by atoms with Crippen molar-refractivity contribution in [3.8, 4) is 0 Å². The van der Waals surface area contributed by atoms with Gasteiger partial charge in [0.05, 0.1) is 5.41 Å². The van der Waals surface area contributed by atoms with Crippen LogP contribution < -0.4 is 5.32 Å². The highest BCUT2D eigenvalue weighted by Crippen LogP contribution is 2.48. The number of nitrogens with one attached hydrogen (secondary N) is 1. The lowest BCUT2D eigenvalue weighted by atomic mass is 9.81. The Labute approximate surface area is 173 Å². The fourth-order valence-corrected chi connectivity index (χ4v) is 5.47. The summed E-state index contributed by atoms with van der Waals surface area (Å²) in [6.07, 6.45) is 6.46. The van der Waals surface area contributed by atoms with Crippen LogP contribution in [0, 0.1) is 11.3 Å². The van der Waals surface area contributed by atoms with Crippen molar-refractivity contribution in [3.05, 3.63) is 35.4 Å². The summed E-state index contributed by atoms with van der Waals surface area (Å²) in [6.45, 7) is 5.84. The number of hydrogen-bond acceptors (Lipinski definition) is 3. The number of aliphatic carboxylic acids is 1. The van der Waals surface area contributed by atoms with E-state index in [4.69, 9.17) is 0 Å². The van der Waals surface area contributed by atoms with Crippen LogP contribution >= 0.6 is 0 Å². The number of benzene rings is 1. The van der Waals surface area contributed by atoms with E-state index in [1.165, 1.54) is 31.4 Å². The first-order valence-corrected chi connectivity index (χ1v) is 11.1. The van der Waals surface area contributed by atoms with Gasteiger partial charge in [0.15, 0.2) is 0 Å². The fraction of sp³-hybridized carbons (Fsp3) is 0.652. The van der Waals surface area contributed by atoms with Gasteiger partial charge in [0.25, 0.3) is 0 Å². The molecule has 1 aromatic rings. The molecule has 2 amide bonds. The smallest absolute Gasteiger partial charge is 0.317 e. The average Bonchev–Trinajstić information content (AvgIpc) is 3.28. The summed E-state index contributed by atoms with van der Waals surface area (Å²) < 4.78 is 0. The first-order valence-electron chi connectivity index (χ1n) is 11.1. The molecule has 0 spiro atoms. The number of carboxylic acid groups (broad SMARTS) is 1. The van der Waals surface area contributed by atoms with Gasteiger partial charge in [-0.1, -0.05) is 37.1 Å². The molecule has 1 saturated carbocycles. The number of rotatable bonds is 5. The molecule has 1 unspecified atom stereocenters. The van der Waals surface area contributed by atoms with E-state index >= 15 is 0 Å². The second-order valence-corrected chi connectivity index (χ2v) is 9.22. The van der Waals surface area contributed by atoms with Crippen LogP contribution in [0.1, 0.15) is 56.6 Å². The van der Waals surface area contributed by atoms with Gasteiger partial charge in [-0.05, 0) is 56.2 Å². The van der Waals surface area contributed by atoms with Crippen LogP contribution in [0.2, 0.25) is 0 Å². The molecule has 2 heterocycles. The number of urea groups is 1.